The molecule has 4 aromatic carbocycles. The predicted molar refractivity (Wildman–Crippen MR) is 303 cm³/mol. The number of halogens is 3. The number of benzene rings is 4. The molecule has 16 nitrogen and oxygen atoms in total. The SMILES string of the molecule is COCCOCCOCCOc1ccc(-c2nccc(COc3ccc4cc3C[C@H](C(=O)OC(C)(C)C)Oc3ncnc5sc(-c6ccc(F)cc6)c(c35)-c3c(C)c(Cl)c(c(Cl)c3C)O[C@H](CN3CCN(C)CC3)CO4)n2)cc1. The van der Waals surface area contributed by atoms with Crippen molar-refractivity contribution in [3.05, 3.63) is 124 Å². The van der Waals surface area contributed by atoms with E-state index in [0.29, 0.717) is 134 Å². The first-order chi connectivity index (χ1) is 38.1. The lowest BCUT2D eigenvalue weighted by Gasteiger charge is -2.35. The van der Waals surface area contributed by atoms with Gasteiger partial charge in [0.25, 0.3) is 0 Å². The van der Waals surface area contributed by atoms with Gasteiger partial charge in [0.05, 0.1) is 54.2 Å². The van der Waals surface area contributed by atoms with Gasteiger partial charge in [0.15, 0.2) is 11.6 Å². The summed E-state index contributed by atoms with van der Waals surface area (Å²) in [6.07, 6.45) is 1.21. The van der Waals surface area contributed by atoms with Crippen LogP contribution in [0.1, 0.15) is 43.2 Å². The zero-order valence-electron chi connectivity index (χ0n) is 45.4. The summed E-state index contributed by atoms with van der Waals surface area (Å²) >= 11 is 16.2. The van der Waals surface area contributed by atoms with Crippen molar-refractivity contribution in [2.45, 2.75) is 65.5 Å². The monoisotopic (exact) mass is 1140 g/mol. The van der Waals surface area contributed by atoms with Gasteiger partial charge in [-0.2, -0.15) is 0 Å². The number of carbonyl (C=O) groups excluding carboxylic acids is 1. The van der Waals surface area contributed by atoms with E-state index in [-0.39, 0.29) is 31.3 Å². The number of piperazine rings is 1. The van der Waals surface area contributed by atoms with Crippen molar-refractivity contribution < 1.29 is 51.8 Å². The van der Waals surface area contributed by atoms with Crippen LogP contribution in [0.25, 0.3) is 43.2 Å². The third-order valence-electron chi connectivity index (χ3n) is 13.3. The van der Waals surface area contributed by atoms with Crippen molar-refractivity contribution in [3.63, 3.8) is 0 Å². The number of hydrogen-bond donors (Lipinski definition) is 0. The third kappa shape index (κ3) is 14.6. The fourth-order valence-corrected chi connectivity index (χ4v) is 10.9. The summed E-state index contributed by atoms with van der Waals surface area (Å²) in [6.45, 7) is 16.2. The van der Waals surface area contributed by atoms with Crippen LogP contribution in [0, 0.1) is 19.7 Å². The average molecular weight is 1140 g/mol. The highest BCUT2D eigenvalue weighted by molar-refractivity contribution is 7.22. The van der Waals surface area contributed by atoms with Gasteiger partial charge in [-0.15, -0.1) is 11.3 Å². The molecular weight excluding hydrogens is 1070 g/mol. The van der Waals surface area contributed by atoms with Crippen molar-refractivity contribution in [3.8, 4) is 61.8 Å². The van der Waals surface area contributed by atoms with E-state index in [4.69, 9.17) is 80.8 Å². The summed E-state index contributed by atoms with van der Waals surface area (Å²) in [5.41, 5.74) is 4.46. The predicted octanol–water partition coefficient (Wildman–Crippen LogP) is 10.9. The molecule has 4 bridgehead atoms. The molecule has 7 aromatic rings. The van der Waals surface area contributed by atoms with Gasteiger partial charge in [-0.1, -0.05) is 35.3 Å². The van der Waals surface area contributed by atoms with Gasteiger partial charge in [-0.05, 0) is 125 Å². The molecule has 20 heteroatoms. The number of ether oxygens (including phenoxy) is 9. The Labute approximate surface area is 474 Å². The van der Waals surface area contributed by atoms with E-state index in [2.05, 4.69) is 21.8 Å². The van der Waals surface area contributed by atoms with E-state index in [0.717, 1.165) is 36.6 Å². The van der Waals surface area contributed by atoms with Crippen LogP contribution in [0.3, 0.4) is 0 Å². The molecule has 418 valence electrons. The van der Waals surface area contributed by atoms with E-state index >= 15 is 0 Å². The third-order valence-corrected chi connectivity index (χ3v) is 15.3. The molecule has 0 radical (unpaired) electrons. The van der Waals surface area contributed by atoms with Crippen molar-refractivity contribution in [1.29, 1.82) is 0 Å². The van der Waals surface area contributed by atoms with Crippen LogP contribution in [0.4, 0.5) is 4.39 Å². The number of fused-ring (bicyclic) bond motifs is 7. The summed E-state index contributed by atoms with van der Waals surface area (Å²) < 4.78 is 69.6. The van der Waals surface area contributed by atoms with Crippen LogP contribution >= 0.6 is 34.5 Å². The summed E-state index contributed by atoms with van der Waals surface area (Å²) in [6, 6.07) is 21.0. The van der Waals surface area contributed by atoms with Gasteiger partial charge in [0.1, 0.15) is 65.7 Å². The second-order valence-electron chi connectivity index (χ2n) is 20.3. The van der Waals surface area contributed by atoms with Crippen LogP contribution in [-0.2, 0) is 36.8 Å². The second kappa shape index (κ2) is 26.4. The molecular formula is C59H65Cl2FN6O10S. The van der Waals surface area contributed by atoms with Crippen LogP contribution in [0.5, 0.6) is 28.9 Å². The van der Waals surface area contributed by atoms with Gasteiger partial charge < -0.3 is 47.5 Å². The zero-order valence-corrected chi connectivity index (χ0v) is 47.8. The minimum Gasteiger partial charge on any atom is -0.491 e. The highest BCUT2D eigenvalue weighted by Crippen LogP contribution is 2.53. The number of aromatic nitrogens is 4. The number of esters is 1. The largest absolute Gasteiger partial charge is 0.491 e. The number of thiophene rings is 1. The lowest BCUT2D eigenvalue weighted by molar-refractivity contribution is -0.163. The Kier molecular flexibility index (Phi) is 19.2. The minimum atomic E-state index is -1.28. The van der Waals surface area contributed by atoms with E-state index < -0.39 is 23.8 Å². The molecule has 1 fully saturated rings. The Morgan fingerprint density at radius 1 is 0.810 bits per heavy atom. The van der Waals surface area contributed by atoms with Gasteiger partial charge in [0.2, 0.25) is 12.0 Å². The van der Waals surface area contributed by atoms with Crippen LogP contribution in [0.15, 0.2) is 85.3 Å². The van der Waals surface area contributed by atoms with Gasteiger partial charge in [-0.25, -0.2) is 29.1 Å². The van der Waals surface area contributed by atoms with Crippen molar-refractivity contribution in [2.75, 3.05) is 93.1 Å². The smallest absolute Gasteiger partial charge is 0.348 e. The Balaban J connectivity index is 1.06. The van der Waals surface area contributed by atoms with Gasteiger partial charge in [0, 0.05) is 74.0 Å². The number of likely N-dealkylation sites (N-methyl/N-ethyl adjacent to an activating group) is 1. The molecule has 0 N–H and O–H groups in total. The quantitative estimate of drug-likeness (QED) is 0.0590. The van der Waals surface area contributed by atoms with Crippen molar-refractivity contribution in [2.24, 2.45) is 0 Å². The number of methoxy groups -OCH3 is 1. The second-order valence-corrected chi connectivity index (χ2v) is 22.0. The molecule has 10 rings (SSSR count). The number of rotatable bonds is 18. The molecule has 6 heterocycles. The maximum absolute atomic E-state index is 14.6. The molecule has 3 aliphatic rings. The van der Waals surface area contributed by atoms with Crippen molar-refractivity contribution in [1.82, 2.24) is 29.7 Å². The Bertz CT molecular complexity index is 3180. The normalized spacial score (nSPS) is 16.2. The maximum atomic E-state index is 14.6. The summed E-state index contributed by atoms with van der Waals surface area (Å²) in [5.74, 6) is 1.52. The molecule has 79 heavy (non-hydrogen) atoms. The first-order valence-electron chi connectivity index (χ1n) is 26.2. The number of hydrogen-bond acceptors (Lipinski definition) is 17. The zero-order chi connectivity index (χ0) is 55.6. The lowest BCUT2D eigenvalue weighted by atomic mass is 9.92. The van der Waals surface area contributed by atoms with Gasteiger partial charge in [-0.3, -0.25) is 4.90 Å². The molecule has 1 saturated heterocycles. The molecule has 0 amide bonds. The fraction of sp³-hybridized carbons (Fsp3) is 0.407. The van der Waals surface area contributed by atoms with Gasteiger partial charge >= 0.3 is 5.97 Å². The molecule has 0 aliphatic carbocycles. The number of carbonyl (C=O) groups is 1. The topological polar surface area (TPSA) is 158 Å². The minimum absolute atomic E-state index is 0.0403. The Morgan fingerprint density at radius 3 is 2.22 bits per heavy atom. The first kappa shape index (κ1) is 57.5. The van der Waals surface area contributed by atoms with Crippen LogP contribution in [-0.4, -0.2) is 147 Å². The standard InChI is InChI=1S/C59H65Cl2FN6O10S/c1-36-48-37(2)52(61)53(51(36)60)76-45(32-68-22-20-67(6)21-23-68)34-74-44-16-17-46(75-33-42-18-19-63-55(66-42)39-10-14-43(15-11-39)73-29-28-72-27-26-71-25-24-70-7)40(30-44)31-47(58(69)78-59(3,4)5)77-56-50-49(48)54(79-57(50)65-35-64-56)38-8-12-41(62)13-9-38/h8-19,30,35,45,47H,20-29,31-34H2,1-7H3/t45-,47-/m1/s1. The molecule has 0 spiro atoms. The Hall–Kier alpha value is -6.22. The molecule has 0 saturated carbocycles. The summed E-state index contributed by atoms with van der Waals surface area (Å²) in [7, 11) is 3.75. The van der Waals surface area contributed by atoms with Crippen molar-refractivity contribution >= 4 is 50.7 Å². The Morgan fingerprint density at radius 2 is 1.51 bits per heavy atom. The van der Waals surface area contributed by atoms with E-state index in [9.17, 15) is 9.18 Å². The maximum Gasteiger partial charge on any atom is 0.348 e. The average Bonchev–Trinajstić information content (AvgIpc) is 3.84. The van der Waals surface area contributed by atoms with Crippen LogP contribution in [0.2, 0.25) is 10.0 Å². The first-order valence-corrected chi connectivity index (χ1v) is 27.8. The highest BCUT2D eigenvalue weighted by Gasteiger charge is 2.34. The van der Waals surface area contributed by atoms with Crippen LogP contribution < -0.4 is 23.7 Å². The summed E-state index contributed by atoms with van der Waals surface area (Å²) in [5, 5.41) is 1.12. The van der Waals surface area contributed by atoms with E-state index in [1.807, 2.05) is 50.2 Å². The number of nitrogens with zero attached hydrogens (tertiary/aromatic N) is 6. The molecule has 3 aliphatic heterocycles. The molecule has 3 aromatic heterocycles. The lowest BCUT2D eigenvalue weighted by Crippen LogP contribution is -2.49. The molecule has 0 unspecified atom stereocenters. The highest BCUT2D eigenvalue weighted by atomic mass is 35.5. The molecule has 2 atom stereocenters. The van der Waals surface area contributed by atoms with E-state index in [1.165, 1.54) is 29.8 Å². The van der Waals surface area contributed by atoms with E-state index in [1.54, 1.807) is 58.3 Å². The fourth-order valence-electron chi connectivity index (χ4n) is 9.22. The summed E-state index contributed by atoms with van der Waals surface area (Å²) in [4.78, 5) is 39.4.